The first-order valence-electron chi connectivity index (χ1n) is 6.15. The monoisotopic (exact) mass is 272 g/mol. The molecule has 5 nitrogen and oxygen atoms in total. The summed E-state index contributed by atoms with van der Waals surface area (Å²) in [5.74, 6) is -0.408. The molecule has 0 bridgehead atoms. The molecule has 0 heterocycles. The zero-order valence-corrected chi connectivity index (χ0v) is 10.8. The first kappa shape index (κ1) is 13.9. The highest BCUT2D eigenvalue weighted by Gasteiger charge is 2.07. The van der Waals surface area contributed by atoms with Gasteiger partial charge in [-0.05, 0) is 29.3 Å². The van der Waals surface area contributed by atoms with Crippen molar-refractivity contribution in [3.8, 4) is 5.75 Å². The van der Waals surface area contributed by atoms with Crippen LogP contribution < -0.4 is 11.1 Å². The Morgan fingerprint density at radius 2 is 1.90 bits per heavy atom. The van der Waals surface area contributed by atoms with Gasteiger partial charge in [0.1, 0.15) is 5.75 Å². The molecule has 0 aliphatic heterocycles. The molecule has 2 aromatic carbocycles. The van der Waals surface area contributed by atoms with E-state index in [2.05, 4.69) is 5.32 Å². The van der Waals surface area contributed by atoms with E-state index in [1.165, 1.54) is 12.1 Å². The Hall–Kier alpha value is -2.53. The normalized spacial score (nSPS) is 10.2. The Kier molecular flexibility index (Phi) is 4.22. The zero-order chi connectivity index (χ0) is 14.5. The lowest BCUT2D eigenvalue weighted by Gasteiger charge is -2.07. The minimum atomic E-state index is -0.297. The van der Waals surface area contributed by atoms with Crippen LogP contribution in [-0.4, -0.2) is 16.1 Å². The van der Waals surface area contributed by atoms with E-state index in [0.717, 1.165) is 11.1 Å². The Morgan fingerprint density at radius 3 is 2.60 bits per heavy atom. The average Bonchev–Trinajstić information content (AvgIpc) is 2.47. The standard InChI is InChI=1S/C15H16N2O3/c16-13-5-4-12(7-14(13)19)15(20)17-8-10-2-1-3-11(6-10)9-18/h1-7,18-19H,8-9,16H2,(H,17,20). The van der Waals surface area contributed by atoms with Crippen LogP contribution in [0.5, 0.6) is 5.75 Å². The molecule has 0 atom stereocenters. The van der Waals surface area contributed by atoms with E-state index in [0.29, 0.717) is 12.1 Å². The van der Waals surface area contributed by atoms with Gasteiger partial charge in [-0.2, -0.15) is 0 Å². The summed E-state index contributed by atoms with van der Waals surface area (Å²) in [6.07, 6.45) is 0. The van der Waals surface area contributed by atoms with E-state index >= 15 is 0 Å². The van der Waals surface area contributed by atoms with Crippen molar-refractivity contribution in [3.63, 3.8) is 0 Å². The number of aliphatic hydroxyl groups excluding tert-OH is 1. The maximum absolute atomic E-state index is 11.9. The average molecular weight is 272 g/mol. The molecule has 5 N–H and O–H groups in total. The van der Waals surface area contributed by atoms with Crippen LogP contribution in [0, 0.1) is 0 Å². The van der Waals surface area contributed by atoms with Crippen molar-refractivity contribution in [2.45, 2.75) is 13.2 Å². The number of hydrogen-bond acceptors (Lipinski definition) is 4. The van der Waals surface area contributed by atoms with Crippen LogP contribution in [-0.2, 0) is 13.2 Å². The van der Waals surface area contributed by atoms with Crippen LogP contribution in [0.3, 0.4) is 0 Å². The largest absolute Gasteiger partial charge is 0.506 e. The highest BCUT2D eigenvalue weighted by atomic mass is 16.3. The van der Waals surface area contributed by atoms with Gasteiger partial charge in [0.2, 0.25) is 0 Å². The van der Waals surface area contributed by atoms with Gasteiger partial charge in [0, 0.05) is 12.1 Å². The van der Waals surface area contributed by atoms with Crippen LogP contribution in [0.25, 0.3) is 0 Å². The summed E-state index contributed by atoms with van der Waals surface area (Å²) in [5, 5.41) is 21.3. The van der Waals surface area contributed by atoms with E-state index in [-0.39, 0.29) is 24.0 Å². The van der Waals surface area contributed by atoms with Crippen LogP contribution in [0.2, 0.25) is 0 Å². The van der Waals surface area contributed by atoms with Gasteiger partial charge < -0.3 is 21.3 Å². The predicted octanol–water partition coefficient (Wildman–Crippen LogP) is 1.40. The molecule has 2 rings (SSSR count). The molecule has 0 aliphatic carbocycles. The minimum Gasteiger partial charge on any atom is -0.506 e. The minimum absolute atomic E-state index is 0.0341. The molecule has 0 saturated heterocycles. The topological polar surface area (TPSA) is 95.6 Å². The number of carbonyl (C=O) groups excluding carboxylic acids is 1. The molecule has 104 valence electrons. The molecule has 5 heteroatoms. The molecule has 0 saturated carbocycles. The maximum atomic E-state index is 11.9. The third-order valence-corrected chi connectivity index (χ3v) is 2.92. The second-order valence-electron chi connectivity index (χ2n) is 4.43. The van der Waals surface area contributed by atoms with Crippen LogP contribution in [0.1, 0.15) is 21.5 Å². The number of nitrogens with two attached hydrogens (primary N) is 1. The Bertz CT molecular complexity index is 626. The first-order valence-corrected chi connectivity index (χ1v) is 6.15. The summed E-state index contributed by atoms with van der Waals surface area (Å²) >= 11 is 0. The molecule has 0 aromatic heterocycles. The summed E-state index contributed by atoms with van der Waals surface area (Å²) in [5.41, 5.74) is 7.74. The molecular formula is C15H16N2O3. The lowest BCUT2D eigenvalue weighted by Crippen LogP contribution is -2.22. The fourth-order valence-corrected chi connectivity index (χ4v) is 1.81. The number of nitrogen functional groups attached to an aromatic ring is 1. The second kappa shape index (κ2) is 6.08. The van der Waals surface area contributed by atoms with Crippen LogP contribution in [0.4, 0.5) is 5.69 Å². The highest BCUT2D eigenvalue weighted by molar-refractivity contribution is 5.95. The van der Waals surface area contributed by atoms with Gasteiger partial charge in [0.05, 0.1) is 12.3 Å². The van der Waals surface area contributed by atoms with Gasteiger partial charge in [-0.1, -0.05) is 24.3 Å². The quantitative estimate of drug-likeness (QED) is 0.499. The molecule has 0 unspecified atom stereocenters. The summed E-state index contributed by atoms with van der Waals surface area (Å²) in [6, 6.07) is 11.7. The van der Waals surface area contributed by atoms with Crippen molar-refractivity contribution < 1.29 is 15.0 Å². The number of benzene rings is 2. The number of rotatable bonds is 4. The van der Waals surface area contributed by atoms with Crippen molar-refractivity contribution in [1.29, 1.82) is 0 Å². The molecule has 0 aliphatic rings. The Labute approximate surface area is 116 Å². The van der Waals surface area contributed by atoms with Gasteiger partial charge in [0.15, 0.2) is 0 Å². The smallest absolute Gasteiger partial charge is 0.251 e. The molecule has 0 radical (unpaired) electrons. The number of phenolic OH excluding ortho intramolecular Hbond substituents is 1. The molecule has 2 aromatic rings. The number of aliphatic hydroxyl groups is 1. The fraction of sp³-hybridized carbons (Fsp3) is 0.133. The van der Waals surface area contributed by atoms with Crippen LogP contribution in [0.15, 0.2) is 42.5 Å². The van der Waals surface area contributed by atoms with Crippen molar-refractivity contribution in [1.82, 2.24) is 5.32 Å². The van der Waals surface area contributed by atoms with Gasteiger partial charge >= 0.3 is 0 Å². The number of carbonyl (C=O) groups is 1. The number of amides is 1. The predicted molar refractivity (Wildman–Crippen MR) is 76.1 cm³/mol. The molecule has 20 heavy (non-hydrogen) atoms. The van der Waals surface area contributed by atoms with E-state index in [1.807, 2.05) is 24.3 Å². The van der Waals surface area contributed by atoms with Gasteiger partial charge in [-0.25, -0.2) is 0 Å². The number of aromatic hydroxyl groups is 1. The van der Waals surface area contributed by atoms with E-state index in [1.54, 1.807) is 6.07 Å². The summed E-state index contributed by atoms with van der Waals surface area (Å²) in [7, 11) is 0. The fourth-order valence-electron chi connectivity index (χ4n) is 1.81. The highest BCUT2D eigenvalue weighted by Crippen LogP contribution is 2.20. The lowest BCUT2D eigenvalue weighted by molar-refractivity contribution is 0.0950. The second-order valence-corrected chi connectivity index (χ2v) is 4.43. The van der Waals surface area contributed by atoms with E-state index in [9.17, 15) is 9.90 Å². The number of phenols is 1. The third kappa shape index (κ3) is 3.27. The van der Waals surface area contributed by atoms with Gasteiger partial charge in [-0.15, -0.1) is 0 Å². The van der Waals surface area contributed by atoms with Gasteiger partial charge in [0.25, 0.3) is 5.91 Å². The van der Waals surface area contributed by atoms with Crippen molar-refractivity contribution in [2.24, 2.45) is 0 Å². The molecule has 1 amide bonds. The number of nitrogens with one attached hydrogen (secondary N) is 1. The molecule has 0 spiro atoms. The summed E-state index contributed by atoms with van der Waals surface area (Å²) in [4.78, 5) is 11.9. The van der Waals surface area contributed by atoms with Gasteiger partial charge in [-0.3, -0.25) is 4.79 Å². The third-order valence-electron chi connectivity index (χ3n) is 2.92. The van der Waals surface area contributed by atoms with Crippen LogP contribution >= 0.6 is 0 Å². The number of hydrogen-bond donors (Lipinski definition) is 4. The maximum Gasteiger partial charge on any atom is 0.251 e. The van der Waals surface area contributed by atoms with Crippen molar-refractivity contribution in [3.05, 3.63) is 59.2 Å². The lowest BCUT2D eigenvalue weighted by atomic mass is 10.1. The zero-order valence-electron chi connectivity index (χ0n) is 10.8. The van der Waals surface area contributed by atoms with Crippen molar-refractivity contribution in [2.75, 3.05) is 5.73 Å². The first-order chi connectivity index (χ1) is 9.60. The van der Waals surface area contributed by atoms with Crippen molar-refractivity contribution >= 4 is 11.6 Å². The molecule has 0 fully saturated rings. The molecular weight excluding hydrogens is 256 g/mol. The Morgan fingerprint density at radius 1 is 1.15 bits per heavy atom. The summed E-state index contributed by atoms with van der Waals surface area (Å²) < 4.78 is 0. The SMILES string of the molecule is Nc1ccc(C(=O)NCc2cccc(CO)c2)cc1O. The van der Waals surface area contributed by atoms with E-state index in [4.69, 9.17) is 10.8 Å². The summed E-state index contributed by atoms with van der Waals surface area (Å²) in [6.45, 7) is 0.311. The van der Waals surface area contributed by atoms with E-state index < -0.39 is 0 Å². The Balaban J connectivity index is 2.02. The number of anilines is 1.